The maximum atomic E-state index is 12.2. The van der Waals surface area contributed by atoms with Crippen molar-refractivity contribution in [2.75, 3.05) is 7.11 Å². The van der Waals surface area contributed by atoms with Crippen LogP contribution in [0.3, 0.4) is 0 Å². The fourth-order valence-electron chi connectivity index (χ4n) is 4.75. The van der Waals surface area contributed by atoms with E-state index in [-0.39, 0.29) is 28.9 Å². The Morgan fingerprint density at radius 2 is 1.24 bits per heavy atom. The van der Waals surface area contributed by atoms with Gasteiger partial charge in [-0.25, -0.2) is 4.79 Å². The summed E-state index contributed by atoms with van der Waals surface area (Å²) in [5.41, 5.74) is 4.36. The minimum absolute atomic E-state index is 0.128. The number of carboxylic acid groups (broad SMARTS) is 1. The topological polar surface area (TPSA) is 115 Å². The molecule has 196 valence electrons. The van der Waals surface area contributed by atoms with Gasteiger partial charge in [0.05, 0.1) is 12.7 Å². The molecule has 2 aromatic carbocycles. The minimum Gasteiger partial charge on any atom is -0.478 e. The van der Waals surface area contributed by atoms with E-state index in [0.717, 1.165) is 68.1 Å². The van der Waals surface area contributed by atoms with Crippen LogP contribution in [0.25, 0.3) is 0 Å². The molecule has 0 saturated heterocycles. The zero-order valence-corrected chi connectivity index (χ0v) is 21.3. The zero-order chi connectivity index (χ0) is 26.8. The molecule has 2 aliphatic carbocycles. The number of unbranched alkanes of at least 4 members (excludes halogenated alkanes) is 3. The smallest absolute Gasteiger partial charge is 0.335 e. The number of carbonyl (C=O) groups is 5. The maximum absolute atomic E-state index is 12.2. The molecule has 7 heteroatoms. The van der Waals surface area contributed by atoms with Crippen LogP contribution in [0.2, 0.25) is 0 Å². The molecule has 0 aromatic heterocycles. The van der Waals surface area contributed by atoms with E-state index in [1.807, 2.05) is 6.07 Å². The van der Waals surface area contributed by atoms with Crippen LogP contribution >= 0.6 is 0 Å². The summed E-state index contributed by atoms with van der Waals surface area (Å²) in [7, 11) is 1.40. The highest BCUT2D eigenvalue weighted by molar-refractivity contribution is 6.01. The summed E-state index contributed by atoms with van der Waals surface area (Å²) >= 11 is 0. The second-order valence-corrected chi connectivity index (χ2v) is 9.52. The van der Waals surface area contributed by atoms with Crippen LogP contribution in [0.1, 0.15) is 117 Å². The molecule has 0 aliphatic heterocycles. The lowest BCUT2D eigenvalue weighted by atomic mass is 9.88. The molecule has 0 amide bonds. The number of hydrogen-bond donors (Lipinski definition) is 1. The largest absolute Gasteiger partial charge is 0.478 e. The second-order valence-electron chi connectivity index (χ2n) is 9.52. The lowest BCUT2D eigenvalue weighted by molar-refractivity contribution is -0.140. The first-order valence-corrected chi connectivity index (χ1v) is 13.0. The maximum Gasteiger partial charge on any atom is 0.335 e. The molecule has 0 unspecified atom stereocenters. The van der Waals surface area contributed by atoms with Crippen LogP contribution in [0.15, 0.2) is 36.4 Å². The molecule has 7 nitrogen and oxygen atoms in total. The first kappa shape index (κ1) is 28.0. The Labute approximate surface area is 217 Å². The van der Waals surface area contributed by atoms with Crippen molar-refractivity contribution < 1.29 is 33.8 Å². The summed E-state index contributed by atoms with van der Waals surface area (Å²) in [6.45, 7) is 0. The Morgan fingerprint density at radius 1 is 0.730 bits per heavy atom. The van der Waals surface area contributed by atoms with Crippen LogP contribution in [0.4, 0.5) is 0 Å². The van der Waals surface area contributed by atoms with Crippen molar-refractivity contribution in [1.82, 2.24) is 0 Å². The summed E-state index contributed by atoms with van der Waals surface area (Å²) in [6.07, 6.45) is 9.07. The van der Waals surface area contributed by atoms with Crippen LogP contribution in [0, 0.1) is 0 Å². The van der Waals surface area contributed by atoms with Gasteiger partial charge in [0, 0.05) is 42.4 Å². The summed E-state index contributed by atoms with van der Waals surface area (Å²) in [6, 6.07) is 10.2. The van der Waals surface area contributed by atoms with Gasteiger partial charge in [0.2, 0.25) is 0 Å². The van der Waals surface area contributed by atoms with E-state index in [4.69, 9.17) is 5.11 Å². The highest BCUT2D eigenvalue weighted by atomic mass is 16.5. The average Bonchev–Trinajstić information content (AvgIpc) is 2.90. The summed E-state index contributed by atoms with van der Waals surface area (Å²) in [4.78, 5) is 57.1. The Balaban J connectivity index is 0.000000231. The molecule has 2 aliphatic rings. The number of rotatable bonds is 9. The number of carboxylic acids is 1. The van der Waals surface area contributed by atoms with Gasteiger partial charge in [-0.2, -0.15) is 0 Å². The molecule has 0 fully saturated rings. The van der Waals surface area contributed by atoms with Crippen molar-refractivity contribution in [3.8, 4) is 0 Å². The van der Waals surface area contributed by atoms with Gasteiger partial charge >= 0.3 is 11.9 Å². The molecule has 0 atom stereocenters. The third-order valence-corrected chi connectivity index (χ3v) is 6.84. The Hall–Kier alpha value is -3.61. The van der Waals surface area contributed by atoms with Crippen molar-refractivity contribution in [3.05, 3.63) is 69.8 Å². The second kappa shape index (κ2) is 13.6. The van der Waals surface area contributed by atoms with Gasteiger partial charge in [-0.15, -0.1) is 0 Å². The number of benzene rings is 2. The van der Waals surface area contributed by atoms with Crippen molar-refractivity contribution in [3.63, 3.8) is 0 Å². The molecule has 0 heterocycles. The van der Waals surface area contributed by atoms with Gasteiger partial charge in [0.15, 0.2) is 17.3 Å². The molecule has 4 rings (SSSR count). The minimum atomic E-state index is -0.939. The Kier molecular flexibility index (Phi) is 10.3. The fraction of sp³-hybridized carbons (Fsp3) is 0.433. The number of methoxy groups -OCH3 is 1. The van der Waals surface area contributed by atoms with E-state index >= 15 is 0 Å². The van der Waals surface area contributed by atoms with E-state index in [1.165, 1.54) is 13.2 Å². The van der Waals surface area contributed by atoms with Gasteiger partial charge in [-0.3, -0.25) is 19.2 Å². The lowest BCUT2D eigenvalue weighted by Gasteiger charge is -2.15. The SMILES string of the molecule is COC(=O)CCCCCCC(=O)c1ccc2c(c1)CCCC2=O.O=C(O)c1ccc2c(c1)CCCC2=O. The molecule has 2 aromatic rings. The van der Waals surface area contributed by atoms with E-state index in [1.54, 1.807) is 24.3 Å². The molecule has 37 heavy (non-hydrogen) atoms. The molecule has 0 radical (unpaired) electrons. The van der Waals surface area contributed by atoms with Gasteiger partial charge in [0.25, 0.3) is 0 Å². The normalized spacial score (nSPS) is 14.1. The number of Topliss-reactive ketones (excluding diaryl/α,β-unsaturated/α-hetero) is 3. The van der Waals surface area contributed by atoms with Crippen molar-refractivity contribution in [1.29, 1.82) is 0 Å². The number of fused-ring (bicyclic) bond motifs is 2. The van der Waals surface area contributed by atoms with Gasteiger partial charge in [-0.1, -0.05) is 31.0 Å². The predicted molar refractivity (Wildman–Crippen MR) is 138 cm³/mol. The first-order valence-electron chi connectivity index (χ1n) is 13.0. The molecule has 0 saturated carbocycles. The van der Waals surface area contributed by atoms with Crippen LogP contribution in [0.5, 0.6) is 0 Å². The fourth-order valence-corrected chi connectivity index (χ4v) is 4.75. The van der Waals surface area contributed by atoms with Gasteiger partial charge in [0.1, 0.15) is 0 Å². The Bertz CT molecular complexity index is 1180. The van der Waals surface area contributed by atoms with Crippen LogP contribution < -0.4 is 0 Å². The number of ether oxygens (including phenoxy) is 1. The highest BCUT2D eigenvalue weighted by Crippen LogP contribution is 2.24. The number of aromatic carboxylic acids is 1. The third-order valence-electron chi connectivity index (χ3n) is 6.84. The lowest BCUT2D eigenvalue weighted by Crippen LogP contribution is -2.12. The van der Waals surface area contributed by atoms with Crippen molar-refractivity contribution in [2.24, 2.45) is 0 Å². The van der Waals surface area contributed by atoms with Crippen LogP contribution in [-0.2, 0) is 22.4 Å². The van der Waals surface area contributed by atoms with Crippen LogP contribution in [-0.4, -0.2) is 41.5 Å². The van der Waals surface area contributed by atoms with Crippen molar-refractivity contribution >= 4 is 29.3 Å². The highest BCUT2D eigenvalue weighted by Gasteiger charge is 2.19. The zero-order valence-electron chi connectivity index (χ0n) is 21.3. The van der Waals surface area contributed by atoms with Gasteiger partial charge < -0.3 is 9.84 Å². The summed E-state index contributed by atoms with van der Waals surface area (Å²) < 4.78 is 4.59. The first-order chi connectivity index (χ1) is 17.8. The molecule has 0 spiro atoms. The molecule has 1 N–H and O–H groups in total. The van der Waals surface area contributed by atoms with E-state index in [0.29, 0.717) is 36.8 Å². The van der Waals surface area contributed by atoms with E-state index in [2.05, 4.69) is 4.74 Å². The number of aryl methyl sites for hydroxylation is 2. The third kappa shape index (κ3) is 7.94. The Morgan fingerprint density at radius 3 is 1.78 bits per heavy atom. The summed E-state index contributed by atoms with van der Waals surface area (Å²) in [5, 5.41) is 8.77. The van der Waals surface area contributed by atoms with E-state index in [9.17, 15) is 24.0 Å². The quantitative estimate of drug-likeness (QED) is 0.259. The molecule has 0 bridgehead atoms. The summed E-state index contributed by atoms with van der Waals surface area (Å²) in [5.74, 6) is -0.659. The average molecular weight is 507 g/mol. The van der Waals surface area contributed by atoms with E-state index < -0.39 is 5.97 Å². The monoisotopic (exact) mass is 506 g/mol. The number of carbonyl (C=O) groups excluding carboxylic acids is 4. The molecular formula is C30H34O7. The van der Waals surface area contributed by atoms with Gasteiger partial charge in [-0.05, 0) is 67.9 Å². The van der Waals surface area contributed by atoms with Crippen molar-refractivity contribution in [2.45, 2.75) is 77.0 Å². The number of ketones is 3. The standard InChI is InChI=1S/C19H24O4.C11H10O3/c1-23-19(22)10-5-3-2-4-8-17(20)15-11-12-16-14(13-15)7-6-9-18(16)21;12-10-3-1-2-7-6-8(11(13)14)4-5-9(7)10/h11-13H,2-10H2,1H3;4-6H,1-3H2,(H,13,14). The number of esters is 1. The number of hydrogen-bond acceptors (Lipinski definition) is 6. The molecular weight excluding hydrogens is 472 g/mol. The predicted octanol–water partition coefficient (Wildman–Crippen LogP) is 5.81.